The number of alkyl carbamates (subject to hydrolysis) is 1. The zero-order chi connectivity index (χ0) is 36.8. The molecular formula is C32H50N6O10. The maximum Gasteiger partial charge on any atom is 0.514 e. The van der Waals surface area contributed by atoms with Gasteiger partial charge in [0.2, 0.25) is 29.5 Å². The van der Waals surface area contributed by atoms with Gasteiger partial charge in [0.25, 0.3) is 0 Å². The molecule has 0 aromatic heterocycles. The number of benzene rings is 1. The van der Waals surface area contributed by atoms with Crippen LogP contribution in [0.25, 0.3) is 0 Å². The van der Waals surface area contributed by atoms with E-state index in [-0.39, 0.29) is 24.5 Å². The van der Waals surface area contributed by atoms with Crippen LogP contribution >= 0.6 is 0 Å². The van der Waals surface area contributed by atoms with Crippen LogP contribution in [0, 0.1) is 5.92 Å². The van der Waals surface area contributed by atoms with E-state index >= 15 is 0 Å². The van der Waals surface area contributed by atoms with Gasteiger partial charge in [0, 0.05) is 6.42 Å². The molecule has 0 saturated heterocycles. The van der Waals surface area contributed by atoms with E-state index in [9.17, 15) is 33.6 Å². The average molecular weight is 679 g/mol. The standard InChI is InChI=1S/C32H50N6O10/c1-18(2)14-22(27(42)34-16-24(33)39)37-25(40)17-35-26(41)19(3)36-28(43)23(38-29(44)47-31(4,5)6)15-20-10-12-21(13-11-20)46-30(45)48-32(7,8)9/h10-13,18-19,22-23H,14-17H2,1-9H3,(H2,33,39)(H,34,42)(H,35,41)(H,36,43)(H,37,40)(H,38,44)/t19-,22-,23-/m0/s1. The molecule has 7 N–H and O–H groups in total. The summed E-state index contributed by atoms with van der Waals surface area (Å²) in [6.45, 7) is 14.2. The van der Waals surface area contributed by atoms with Crippen molar-refractivity contribution >= 4 is 41.8 Å². The Bertz CT molecular complexity index is 1300. The molecule has 0 bridgehead atoms. The quantitative estimate of drug-likeness (QED) is 0.115. The zero-order valence-electron chi connectivity index (χ0n) is 29.1. The molecule has 1 aromatic carbocycles. The van der Waals surface area contributed by atoms with E-state index < -0.39 is 84.2 Å². The molecule has 16 nitrogen and oxygen atoms in total. The summed E-state index contributed by atoms with van der Waals surface area (Å²) in [5.41, 5.74) is 4.05. The van der Waals surface area contributed by atoms with Crippen molar-refractivity contribution in [2.75, 3.05) is 13.1 Å². The van der Waals surface area contributed by atoms with Crippen LogP contribution in [-0.2, 0) is 39.9 Å². The monoisotopic (exact) mass is 678 g/mol. The smallest absolute Gasteiger partial charge is 0.444 e. The summed E-state index contributed by atoms with van der Waals surface area (Å²) >= 11 is 0. The van der Waals surface area contributed by atoms with E-state index in [2.05, 4.69) is 26.6 Å². The second-order valence-corrected chi connectivity index (χ2v) is 13.5. The van der Waals surface area contributed by atoms with Crippen molar-refractivity contribution in [2.24, 2.45) is 11.7 Å². The Morgan fingerprint density at radius 1 is 0.708 bits per heavy atom. The van der Waals surface area contributed by atoms with Gasteiger partial charge in [0.1, 0.15) is 35.1 Å². The van der Waals surface area contributed by atoms with E-state index in [1.165, 1.54) is 19.1 Å². The lowest BCUT2D eigenvalue weighted by Crippen LogP contribution is -2.55. The molecule has 0 fully saturated rings. The van der Waals surface area contributed by atoms with Gasteiger partial charge in [-0.1, -0.05) is 26.0 Å². The van der Waals surface area contributed by atoms with E-state index in [1.807, 2.05) is 13.8 Å². The van der Waals surface area contributed by atoms with E-state index in [4.69, 9.17) is 19.9 Å². The van der Waals surface area contributed by atoms with Crippen molar-refractivity contribution in [1.82, 2.24) is 26.6 Å². The molecule has 6 amide bonds. The number of primary amides is 1. The van der Waals surface area contributed by atoms with Crippen LogP contribution in [0.3, 0.4) is 0 Å². The first-order chi connectivity index (χ1) is 22.0. The first kappa shape index (κ1) is 41.1. The Hall–Kier alpha value is -4.89. The summed E-state index contributed by atoms with van der Waals surface area (Å²) in [4.78, 5) is 86.5. The predicted octanol–water partition coefficient (Wildman–Crippen LogP) is 1.19. The maximum atomic E-state index is 13.3. The third kappa shape index (κ3) is 17.7. The highest BCUT2D eigenvalue weighted by molar-refractivity contribution is 5.94. The molecular weight excluding hydrogens is 628 g/mol. The first-order valence-corrected chi connectivity index (χ1v) is 15.5. The van der Waals surface area contributed by atoms with Gasteiger partial charge in [0.15, 0.2) is 0 Å². The molecule has 48 heavy (non-hydrogen) atoms. The zero-order valence-corrected chi connectivity index (χ0v) is 29.1. The van der Waals surface area contributed by atoms with E-state index in [1.54, 1.807) is 53.7 Å². The SMILES string of the molecule is CC(C)C[C@H](NC(=O)CNC(=O)[C@H](C)NC(=O)[C@H](Cc1ccc(OC(=O)OC(C)(C)C)cc1)NC(=O)OC(C)(C)C)C(=O)NCC(N)=O. The summed E-state index contributed by atoms with van der Waals surface area (Å²) in [5.74, 6) is -3.23. The minimum Gasteiger partial charge on any atom is -0.444 e. The molecule has 0 aliphatic heterocycles. The van der Waals surface area contributed by atoms with Gasteiger partial charge in [-0.25, -0.2) is 9.59 Å². The highest BCUT2D eigenvalue weighted by Gasteiger charge is 2.28. The van der Waals surface area contributed by atoms with Gasteiger partial charge in [-0.05, 0) is 78.5 Å². The number of rotatable bonds is 15. The second kappa shape index (κ2) is 18.4. The van der Waals surface area contributed by atoms with E-state index in [0.717, 1.165) is 0 Å². The number of ether oxygens (including phenoxy) is 3. The van der Waals surface area contributed by atoms with Gasteiger partial charge >= 0.3 is 12.2 Å². The number of hydrogen-bond donors (Lipinski definition) is 6. The number of nitrogens with two attached hydrogens (primary N) is 1. The van der Waals surface area contributed by atoms with Gasteiger partial charge in [-0.2, -0.15) is 0 Å². The molecule has 0 aliphatic rings. The average Bonchev–Trinajstić information content (AvgIpc) is 2.92. The van der Waals surface area contributed by atoms with Crippen molar-refractivity contribution < 1.29 is 47.8 Å². The molecule has 268 valence electrons. The number of hydrogen-bond acceptors (Lipinski definition) is 10. The largest absolute Gasteiger partial charge is 0.514 e. The van der Waals surface area contributed by atoms with Crippen LogP contribution in [-0.4, -0.2) is 84.2 Å². The first-order valence-electron chi connectivity index (χ1n) is 15.5. The number of amides is 6. The highest BCUT2D eigenvalue weighted by Crippen LogP contribution is 2.17. The summed E-state index contributed by atoms with van der Waals surface area (Å²) in [6, 6.07) is 2.88. The molecule has 3 atom stereocenters. The summed E-state index contributed by atoms with van der Waals surface area (Å²) in [5, 5.41) is 12.3. The second-order valence-electron chi connectivity index (χ2n) is 13.5. The maximum absolute atomic E-state index is 13.3. The molecule has 0 spiro atoms. The molecule has 0 heterocycles. The highest BCUT2D eigenvalue weighted by atomic mass is 16.7. The number of carbonyl (C=O) groups is 7. The molecule has 1 rings (SSSR count). The number of carbonyl (C=O) groups excluding carboxylic acids is 7. The van der Waals surface area contributed by atoms with Crippen molar-refractivity contribution in [3.05, 3.63) is 29.8 Å². The minimum atomic E-state index is -1.19. The Balaban J connectivity index is 2.90. The Morgan fingerprint density at radius 2 is 1.27 bits per heavy atom. The van der Waals surface area contributed by atoms with Crippen molar-refractivity contribution in [1.29, 1.82) is 0 Å². The van der Waals surface area contributed by atoms with Gasteiger partial charge in [-0.3, -0.25) is 24.0 Å². The summed E-state index contributed by atoms with van der Waals surface area (Å²) < 4.78 is 15.6. The normalized spacial score (nSPS) is 13.2. The molecule has 0 unspecified atom stereocenters. The molecule has 16 heteroatoms. The summed E-state index contributed by atoms with van der Waals surface area (Å²) in [7, 11) is 0. The third-order valence-corrected chi connectivity index (χ3v) is 5.93. The fourth-order valence-corrected chi connectivity index (χ4v) is 3.90. The van der Waals surface area contributed by atoms with Crippen LogP contribution in [0.15, 0.2) is 24.3 Å². The topological polar surface area (TPSA) is 233 Å². The predicted molar refractivity (Wildman–Crippen MR) is 174 cm³/mol. The molecule has 1 aromatic rings. The lowest BCUT2D eigenvalue weighted by atomic mass is 10.0. The van der Waals surface area contributed by atoms with Crippen LogP contribution in [0.1, 0.15) is 74.3 Å². The Labute approximate surface area is 280 Å². The van der Waals surface area contributed by atoms with E-state index in [0.29, 0.717) is 5.56 Å². The molecule has 0 radical (unpaired) electrons. The number of nitrogens with one attached hydrogen (secondary N) is 5. The minimum absolute atomic E-state index is 0.0187. The van der Waals surface area contributed by atoms with Crippen molar-refractivity contribution in [3.63, 3.8) is 0 Å². The van der Waals surface area contributed by atoms with Gasteiger partial charge in [0.05, 0.1) is 13.1 Å². The fourth-order valence-electron chi connectivity index (χ4n) is 3.90. The fraction of sp³-hybridized carbons (Fsp3) is 0.594. The summed E-state index contributed by atoms with van der Waals surface area (Å²) in [6.07, 6.45) is -1.51. The van der Waals surface area contributed by atoms with Crippen molar-refractivity contribution in [2.45, 2.75) is 104 Å². The Morgan fingerprint density at radius 3 is 1.79 bits per heavy atom. The van der Waals surface area contributed by atoms with Crippen molar-refractivity contribution in [3.8, 4) is 5.75 Å². The lowest BCUT2D eigenvalue weighted by molar-refractivity contribution is -0.132. The van der Waals surface area contributed by atoms with Crippen LogP contribution < -0.4 is 37.1 Å². The van der Waals surface area contributed by atoms with Crippen LogP contribution in [0.2, 0.25) is 0 Å². The van der Waals surface area contributed by atoms with Crippen LogP contribution in [0.4, 0.5) is 9.59 Å². The van der Waals surface area contributed by atoms with Gasteiger partial charge < -0.3 is 46.5 Å². The van der Waals surface area contributed by atoms with Gasteiger partial charge in [-0.15, -0.1) is 0 Å². The lowest BCUT2D eigenvalue weighted by Gasteiger charge is -2.24. The Kier molecular flexibility index (Phi) is 15.8. The third-order valence-electron chi connectivity index (χ3n) is 5.93. The molecule has 0 saturated carbocycles. The van der Waals surface area contributed by atoms with Crippen LogP contribution in [0.5, 0.6) is 5.75 Å². The molecule has 0 aliphatic carbocycles.